The van der Waals surface area contributed by atoms with Gasteiger partial charge in [0.15, 0.2) is 0 Å². The Morgan fingerprint density at radius 3 is 2.73 bits per heavy atom. The van der Waals surface area contributed by atoms with Crippen molar-refractivity contribution >= 4 is 0 Å². The molecule has 0 aromatic heterocycles. The normalized spacial score (nSPS) is 50.7. The predicted octanol–water partition coefficient (Wildman–Crippen LogP) is 2.34. The highest BCUT2D eigenvalue weighted by Gasteiger charge is 2.46. The summed E-state index contributed by atoms with van der Waals surface area (Å²) in [5.41, 5.74) is 0.304. The second-order valence-electron chi connectivity index (χ2n) is 4.54. The van der Waals surface area contributed by atoms with Crippen LogP contribution < -0.4 is 0 Å². The highest BCUT2D eigenvalue weighted by atomic mass is 16.3. The van der Waals surface area contributed by atoms with Crippen molar-refractivity contribution in [1.29, 1.82) is 0 Å². The first kappa shape index (κ1) is 7.60. The maximum absolute atomic E-state index is 9.78. The minimum atomic E-state index is 0.00722. The number of aliphatic hydroxyl groups excluding tert-OH is 1. The van der Waals surface area contributed by atoms with Crippen LogP contribution in [-0.4, -0.2) is 11.2 Å². The predicted molar refractivity (Wildman–Crippen MR) is 45.3 cm³/mol. The summed E-state index contributed by atoms with van der Waals surface area (Å²) in [6.07, 6.45) is 7.70. The summed E-state index contributed by atoms with van der Waals surface area (Å²) < 4.78 is 0. The zero-order valence-corrected chi connectivity index (χ0v) is 7.34. The van der Waals surface area contributed by atoms with Crippen molar-refractivity contribution in [3.05, 3.63) is 0 Å². The molecule has 1 nitrogen and oxygen atoms in total. The van der Waals surface area contributed by atoms with Crippen LogP contribution in [-0.2, 0) is 0 Å². The van der Waals surface area contributed by atoms with Crippen LogP contribution >= 0.6 is 0 Å². The molecule has 2 fully saturated rings. The molecule has 3 atom stereocenters. The lowest BCUT2D eigenvalue weighted by atomic mass is 9.69. The molecule has 2 rings (SSSR count). The number of hydrogen-bond donors (Lipinski definition) is 1. The first-order chi connectivity index (χ1) is 5.23. The van der Waals surface area contributed by atoms with Crippen molar-refractivity contribution in [2.24, 2.45) is 11.3 Å². The lowest BCUT2D eigenvalue weighted by Crippen LogP contribution is -2.34. The number of aliphatic hydroxyl groups is 1. The summed E-state index contributed by atoms with van der Waals surface area (Å²) in [6, 6.07) is 0. The maximum atomic E-state index is 9.78. The lowest BCUT2D eigenvalue weighted by Gasteiger charge is -2.38. The van der Waals surface area contributed by atoms with Gasteiger partial charge >= 0.3 is 0 Å². The Hall–Kier alpha value is -0.0400. The van der Waals surface area contributed by atoms with Crippen LogP contribution in [0.1, 0.15) is 45.4 Å². The van der Waals surface area contributed by atoms with Crippen molar-refractivity contribution < 1.29 is 5.11 Å². The second kappa shape index (κ2) is 2.48. The molecule has 2 unspecified atom stereocenters. The zero-order chi connectivity index (χ0) is 7.90. The van der Waals surface area contributed by atoms with E-state index in [1.54, 1.807) is 0 Å². The molecule has 1 N–H and O–H groups in total. The molecule has 0 aromatic rings. The van der Waals surface area contributed by atoms with Gasteiger partial charge in [0.1, 0.15) is 0 Å². The Balaban J connectivity index is 2.16. The van der Waals surface area contributed by atoms with E-state index in [9.17, 15) is 5.11 Å². The largest absolute Gasteiger partial charge is 0.393 e. The molecule has 0 bridgehead atoms. The van der Waals surface area contributed by atoms with Crippen LogP contribution in [0.5, 0.6) is 0 Å². The van der Waals surface area contributed by atoms with E-state index in [2.05, 4.69) is 6.92 Å². The van der Waals surface area contributed by atoms with Crippen molar-refractivity contribution in [3.8, 4) is 0 Å². The van der Waals surface area contributed by atoms with Crippen LogP contribution in [0.4, 0.5) is 0 Å². The van der Waals surface area contributed by atoms with E-state index in [-0.39, 0.29) is 6.10 Å². The van der Waals surface area contributed by atoms with Gasteiger partial charge in [0.05, 0.1) is 6.10 Å². The van der Waals surface area contributed by atoms with Gasteiger partial charge in [-0.2, -0.15) is 0 Å². The number of rotatable bonds is 0. The van der Waals surface area contributed by atoms with Gasteiger partial charge in [0.25, 0.3) is 0 Å². The third-order valence-electron chi connectivity index (χ3n) is 4.00. The molecule has 11 heavy (non-hydrogen) atoms. The summed E-state index contributed by atoms with van der Waals surface area (Å²) >= 11 is 0. The lowest BCUT2D eigenvalue weighted by molar-refractivity contribution is 0.0138. The minimum absolute atomic E-state index is 0.00722. The Labute approximate surface area is 68.8 Å². The molecule has 2 aliphatic rings. The van der Waals surface area contributed by atoms with Gasteiger partial charge in [-0.3, -0.25) is 0 Å². The monoisotopic (exact) mass is 154 g/mol. The van der Waals surface area contributed by atoms with E-state index in [1.807, 2.05) is 0 Å². The molecular formula is C10H18O. The van der Waals surface area contributed by atoms with E-state index in [4.69, 9.17) is 0 Å². The van der Waals surface area contributed by atoms with Crippen LogP contribution in [0.2, 0.25) is 0 Å². The fraction of sp³-hybridized carbons (Fsp3) is 1.00. The smallest absolute Gasteiger partial charge is 0.0596 e. The summed E-state index contributed by atoms with van der Waals surface area (Å²) in [6.45, 7) is 2.29. The van der Waals surface area contributed by atoms with Gasteiger partial charge in [0, 0.05) is 0 Å². The summed E-state index contributed by atoms with van der Waals surface area (Å²) in [5.74, 6) is 0.839. The Bertz CT molecular complexity index is 153. The molecule has 2 aliphatic carbocycles. The molecule has 0 radical (unpaired) electrons. The standard InChI is InChI=1S/C10H18O/c1-10-7-3-2-4-8(10)5-6-9(10)11/h8-9,11H,2-7H2,1H3/t8?,9?,10-/m0/s1. The fourth-order valence-corrected chi connectivity index (χ4v) is 3.03. The van der Waals surface area contributed by atoms with Crippen molar-refractivity contribution in [1.82, 2.24) is 0 Å². The SMILES string of the molecule is C[C@]12CCCCC1CCC2O. The minimum Gasteiger partial charge on any atom is -0.393 e. The fourth-order valence-electron chi connectivity index (χ4n) is 3.03. The second-order valence-corrected chi connectivity index (χ2v) is 4.54. The highest BCUT2D eigenvalue weighted by Crippen LogP contribution is 2.51. The van der Waals surface area contributed by atoms with Gasteiger partial charge in [0.2, 0.25) is 0 Å². The molecular weight excluding hydrogens is 136 g/mol. The summed E-state index contributed by atoms with van der Waals surface area (Å²) in [4.78, 5) is 0. The molecule has 1 heteroatoms. The van der Waals surface area contributed by atoms with E-state index in [0.717, 1.165) is 12.3 Å². The van der Waals surface area contributed by atoms with E-state index >= 15 is 0 Å². The molecule has 0 saturated heterocycles. The average molecular weight is 154 g/mol. The molecule has 0 aromatic carbocycles. The number of hydrogen-bond acceptors (Lipinski definition) is 1. The Morgan fingerprint density at radius 2 is 2.00 bits per heavy atom. The van der Waals surface area contributed by atoms with Gasteiger partial charge in [-0.1, -0.05) is 19.8 Å². The Morgan fingerprint density at radius 1 is 1.18 bits per heavy atom. The van der Waals surface area contributed by atoms with Crippen molar-refractivity contribution in [2.45, 2.75) is 51.6 Å². The van der Waals surface area contributed by atoms with Gasteiger partial charge in [-0.15, -0.1) is 0 Å². The van der Waals surface area contributed by atoms with E-state index in [1.165, 1.54) is 32.1 Å². The highest BCUT2D eigenvalue weighted by molar-refractivity contribution is 4.96. The van der Waals surface area contributed by atoms with Crippen molar-refractivity contribution in [3.63, 3.8) is 0 Å². The average Bonchev–Trinajstić information content (AvgIpc) is 2.29. The van der Waals surface area contributed by atoms with Crippen LogP contribution in [0.3, 0.4) is 0 Å². The van der Waals surface area contributed by atoms with E-state index in [0.29, 0.717) is 5.41 Å². The van der Waals surface area contributed by atoms with Gasteiger partial charge in [-0.05, 0) is 37.0 Å². The molecule has 0 aliphatic heterocycles. The first-order valence-corrected chi connectivity index (χ1v) is 4.91. The van der Waals surface area contributed by atoms with Crippen molar-refractivity contribution in [2.75, 3.05) is 0 Å². The van der Waals surface area contributed by atoms with E-state index < -0.39 is 0 Å². The Kier molecular flexibility index (Phi) is 1.71. The summed E-state index contributed by atoms with van der Waals surface area (Å²) in [5, 5.41) is 9.78. The molecule has 0 heterocycles. The van der Waals surface area contributed by atoms with Gasteiger partial charge < -0.3 is 5.11 Å². The molecule has 0 spiro atoms. The third kappa shape index (κ3) is 1.01. The zero-order valence-electron chi connectivity index (χ0n) is 7.34. The van der Waals surface area contributed by atoms with Gasteiger partial charge in [-0.25, -0.2) is 0 Å². The number of fused-ring (bicyclic) bond motifs is 1. The summed E-state index contributed by atoms with van der Waals surface area (Å²) in [7, 11) is 0. The topological polar surface area (TPSA) is 20.2 Å². The molecule has 64 valence electrons. The molecule has 2 saturated carbocycles. The van der Waals surface area contributed by atoms with Crippen LogP contribution in [0.15, 0.2) is 0 Å². The quantitative estimate of drug-likeness (QED) is 0.568. The molecule has 0 amide bonds. The third-order valence-corrected chi connectivity index (χ3v) is 4.00. The first-order valence-electron chi connectivity index (χ1n) is 4.91. The van der Waals surface area contributed by atoms with Crippen LogP contribution in [0.25, 0.3) is 0 Å². The maximum Gasteiger partial charge on any atom is 0.0596 e. The van der Waals surface area contributed by atoms with Crippen LogP contribution in [0, 0.1) is 11.3 Å².